The topological polar surface area (TPSA) is 49.3 Å². The van der Waals surface area contributed by atoms with E-state index in [1.165, 1.54) is 6.07 Å². The van der Waals surface area contributed by atoms with Crippen LogP contribution < -0.4 is 5.32 Å². The minimum atomic E-state index is -1.07. The maximum absolute atomic E-state index is 13.1. The fraction of sp³-hybridized carbons (Fsp3) is 0.278. The molecular weight excluding hydrogens is 300 g/mol. The maximum Gasteiger partial charge on any atom is 0.224 e. The van der Waals surface area contributed by atoms with Crippen molar-refractivity contribution in [3.63, 3.8) is 0 Å². The first-order valence-electron chi connectivity index (χ1n) is 7.49. The zero-order valence-corrected chi connectivity index (χ0v) is 12.5. The van der Waals surface area contributed by atoms with Crippen LogP contribution >= 0.6 is 0 Å². The number of nitrogens with one attached hydrogen (secondary N) is 1. The van der Waals surface area contributed by atoms with Gasteiger partial charge in [0.1, 0.15) is 5.60 Å². The molecule has 2 N–H and O–H groups in total. The molecule has 120 valence electrons. The number of aliphatic hydroxyl groups is 1. The van der Waals surface area contributed by atoms with Crippen LogP contribution in [0.1, 0.15) is 23.1 Å². The monoisotopic (exact) mass is 317 g/mol. The fourth-order valence-electron chi connectivity index (χ4n) is 2.99. The molecule has 3 nitrogen and oxygen atoms in total. The first kappa shape index (κ1) is 15.6. The molecule has 0 aliphatic heterocycles. The Morgan fingerprint density at radius 2 is 1.96 bits per heavy atom. The summed E-state index contributed by atoms with van der Waals surface area (Å²) in [6.45, 7) is 0.104. The van der Waals surface area contributed by atoms with Crippen molar-refractivity contribution in [2.24, 2.45) is 0 Å². The van der Waals surface area contributed by atoms with E-state index >= 15 is 0 Å². The zero-order valence-electron chi connectivity index (χ0n) is 12.5. The number of aryl methyl sites for hydroxylation is 1. The van der Waals surface area contributed by atoms with Gasteiger partial charge in [-0.15, -0.1) is 0 Å². The summed E-state index contributed by atoms with van der Waals surface area (Å²) in [5.74, 6) is -2.25. The number of carbonyl (C=O) groups excluding carboxylic acids is 1. The van der Waals surface area contributed by atoms with Gasteiger partial charge in [0.25, 0.3) is 0 Å². The van der Waals surface area contributed by atoms with Crippen molar-refractivity contribution in [1.82, 2.24) is 5.32 Å². The van der Waals surface area contributed by atoms with Crippen LogP contribution in [-0.4, -0.2) is 17.6 Å². The van der Waals surface area contributed by atoms with E-state index < -0.39 is 17.2 Å². The molecular formula is C18H17F2NO2. The number of halogens is 2. The van der Waals surface area contributed by atoms with Gasteiger partial charge >= 0.3 is 0 Å². The third-order valence-corrected chi connectivity index (χ3v) is 4.25. The molecule has 23 heavy (non-hydrogen) atoms. The van der Waals surface area contributed by atoms with Crippen molar-refractivity contribution < 1.29 is 18.7 Å². The van der Waals surface area contributed by atoms with Gasteiger partial charge < -0.3 is 10.4 Å². The highest BCUT2D eigenvalue weighted by atomic mass is 19.2. The molecule has 0 fully saturated rings. The second kappa shape index (κ2) is 6.08. The Morgan fingerprint density at radius 1 is 1.17 bits per heavy atom. The lowest BCUT2D eigenvalue weighted by Gasteiger charge is -2.24. The minimum Gasteiger partial charge on any atom is -0.383 e. The molecule has 1 aliphatic carbocycles. The molecule has 0 heterocycles. The van der Waals surface area contributed by atoms with Crippen LogP contribution in [0.15, 0.2) is 42.5 Å². The first-order valence-corrected chi connectivity index (χ1v) is 7.49. The Labute approximate surface area is 133 Å². The number of hydrogen-bond donors (Lipinski definition) is 2. The Morgan fingerprint density at radius 3 is 2.74 bits per heavy atom. The van der Waals surface area contributed by atoms with Crippen LogP contribution in [0.4, 0.5) is 8.78 Å². The van der Waals surface area contributed by atoms with Gasteiger partial charge in [-0.25, -0.2) is 8.78 Å². The van der Waals surface area contributed by atoms with E-state index in [0.717, 1.165) is 29.7 Å². The van der Waals surface area contributed by atoms with Gasteiger partial charge in [0, 0.05) is 0 Å². The van der Waals surface area contributed by atoms with Crippen molar-refractivity contribution >= 4 is 5.91 Å². The van der Waals surface area contributed by atoms with Gasteiger partial charge in [0.05, 0.1) is 13.0 Å². The second-order valence-corrected chi connectivity index (χ2v) is 5.89. The molecule has 2 aromatic carbocycles. The summed E-state index contributed by atoms with van der Waals surface area (Å²) in [7, 11) is 0. The van der Waals surface area contributed by atoms with Gasteiger partial charge in [0.15, 0.2) is 11.6 Å². The SMILES string of the molecule is O=C(Cc1ccc(F)c(F)c1)NCC1(O)CCc2ccccc21. The molecule has 0 saturated carbocycles. The summed E-state index contributed by atoms with van der Waals surface area (Å²) in [4.78, 5) is 12.0. The number of hydrogen-bond acceptors (Lipinski definition) is 2. The highest BCUT2D eigenvalue weighted by Crippen LogP contribution is 2.36. The minimum absolute atomic E-state index is 0.0606. The smallest absolute Gasteiger partial charge is 0.224 e. The van der Waals surface area contributed by atoms with Crippen LogP contribution in [0.25, 0.3) is 0 Å². The van der Waals surface area contributed by atoms with E-state index in [0.29, 0.717) is 12.0 Å². The largest absolute Gasteiger partial charge is 0.383 e. The van der Waals surface area contributed by atoms with E-state index in [1.54, 1.807) is 0 Å². The average Bonchev–Trinajstić information content (AvgIpc) is 2.88. The fourth-order valence-corrected chi connectivity index (χ4v) is 2.99. The molecule has 0 saturated heterocycles. The molecule has 2 aromatic rings. The Kier molecular flexibility index (Phi) is 4.13. The second-order valence-electron chi connectivity index (χ2n) is 5.89. The third kappa shape index (κ3) is 3.24. The Balaban J connectivity index is 1.62. The summed E-state index contributed by atoms with van der Waals surface area (Å²) < 4.78 is 26.0. The highest BCUT2D eigenvalue weighted by molar-refractivity contribution is 5.78. The highest BCUT2D eigenvalue weighted by Gasteiger charge is 2.36. The molecule has 1 amide bonds. The van der Waals surface area contributed by atoms with Gasteiger partial charge in [-0.2, -0.15) is 0 Å². The first-order chi connectivity index (χ1) is 11.0. The lowest BCUT2D eigenvalue weighted by molar-refractivity contribution is -0.121. The molecule has 3 rings (SSSR count). The average molecular weight is 317 g/mol. The van der Waals surface area contributed by atoms with Gasteiger partial charge in [-0.3, -0.25) is 4.79 Å². The van der Waals surface area contributed by atoms with Crippen LogP contribution in [0, 0.1) is 11.6 Å². The molecule has 1 aliphatic rings. The lowest BCUT2D eigenvalue weighted by Crippen LogP contribution is -2.39. The van der Waals surface area contributed by atoms with Crippen molar-refractivity contribution in [3.05, 3.63) is 70.8 Å². The van der Waals surface area contributed by atoms with Gasteiger partial charge in [0.2, 0.25) is 5.91 Å². The van der Waals surface area contributed by atoms with Crippen molar-refractivity contribution in [1.29, 1.82) is 0 Å². The molecule has 0 aromatic heterocycles. The summed E-state index contributed by atoms with van der Waals surface area (Å²) in [5.41, 5.74) is 1.25. The Hall–Kier alpha value is -2.27. The van der Waals surface area contributed by atoms with Crippen LogP contribution in [0.5, 0.6) is 0 Å². The summed E-state index contributed by atoms with van der Waals surface area (Å²) in [5, 5.41) is 13.4. The van der Waals surface area contributed by atoms with Gasteiger partial charge in [-0.1, -0.05) is 30.3 Å². The number of carbonyl (C=O) groups is 1. The van der Waals surface area contributed by atoms with Crippen molar-refractivity contribution in [3.8, 4) is 0 Å². The third-order valence-electron chi connectivity index (χ3n) is 4.25. The van der Waals surface area contributed by atoms with Crippen LogP contribution in [0.2, 0.25) is 0 Å². The van der Waals surface area contributed by atoms with E-state index in [-0.39, 0.29) is 18.9 Å². The van der Waals surface area contributed by atoms with Crippen LogP contribution in [0.3, 0.4) is 0 Å². The maximum atomic E-state index is 13.1. The summed E-state index contributed by atoms with van der Waals surface area (Å²) in [6.07, 6.45) is 1.26. The van der Waals surface area contributed by atoms with E-state index in [1.807, 2.05) is 24.3 Å². The molecule has 0 radical (unpaired) electrons. The standard InChI is InChI=1S/C18H17F2NO2/c19-15-6-5-12(9-16(15)20)10-17(22)21-11-18(23)8-7-13-3-1-2-4-14(13)18/h1-6,9,23H,7-8,10-11H2,(H,21,22). The molecule has 0 spiro atoms. The van der Waals surface area contributed by atoms with Crippen LogP contribution in [-0.2, 0) is 23.2 Å². The molecule has 1 atom stereocenters. The molecule has 5 heteroatoms. The Bertz CT molecular complexity index is 748. The van der Waals surface area contributed by atoms with E-state index in [4.69, 9.17) is 0 Å². The van der Waals surface area contributed by atoms with E-state index in [9.17, 15) is 18.7 Å². The molecule has 1 unspecified atom stereocenters. The molecule has 0 bridgehead atoms. The van der Waals surface area contributed by atoms with E-state index in [2.05, 4.69) is 5.32 Å². The number of benzene rings is 2. The zero-order chi connectivity index (χ0) is 16.4. The summed E-state index contributed by atoms with van der Waals surface area (Å²) >= 11 is 0. The normalized spacial score (nSPS) is 19.4. The number of rotatable bonds is 4. The summed E-state index contributed by atoms with van der Waals surface area (Å²) in [6, 6.07) is 11.0. The quantitative estimate of drug-likeness (QED) is 0.910. The predicted octanol–water partition coefficient (Wildman–Crippen LogP) is 2.46. The number of amides is 1. The van der Waals surface area contributed by atoms with Gasteiger partial charge in [-0.05, 0) is 41.7 Å². The van der Waals surface area contributed by atoms with Crippen molar-refractivity contribution in [2.45, 2.75) is 24.9 Å². The lowest BCUT2D eigenvalue weighted by atomic mass is 9.96. The predicted molar refractivity (Wildman–Crippen MR) is 81.7 cm³/mol. The van der Waals surface area contributed by atoms with Crippen molar-refractivity contribution in [2.75, 3.05) is 6.54 Å². The number of fused-ring (bicyclic) bond motifs is 1.